The summed E-state index contributed by atoms with van der Waals surface area (Å²) in [6, 6.07) is 19.1. The molecule has 136 valence electrons. The van der Waals surface area contributed by atoms with E-state index in [9.17, 15) is 4.39 Å². The van der Waals surface area contributed by atoms with E-state index in [-0.39, 0.29) is 11.7 Å². The van der Waals surface area contributed by atoms with Crippen molar-refractivity contribution in [2.24, 2.45) is 0 Å². The quantitative estimate of drug-likeness (QED) is 0.591. The first-order chi connectivity index (χ1) is 12.6. The second-order valence-corrected chi connectivity index (χ2v) is 6.65. The Morgan fingerprint density at radius 2 is 1.73 bits per heavy atom. The normalized spacial score (nSPS) is 12.1. The third kappa shape index (κ3) is 4.73. The minimum atomic E-state index is -0.216. The number of rotatable bonds is 8. The van der Waals surface area contributed by atoms with Crippen molar-refractivity contribution < 1.29 is 8.81 Å². The Bertz CT molecular complexity index is 780. The summed E-state index contributed by atoms with van der Waals surface area (Å²) in [4.78, 5) is 2.09. The third-order valence-electron chi connectivity index (χ3n) is 4.55. The summed E-state index contributed by atoms with van der Waals surface area (Å²) in [6.07, 6.45) is 2.57. The molecule has 1 aromatic heterocycles. The van der Waals surface area contributed by atoms with E-state index >= 15 is 0 Å². The zero-order valence-electron chi connectivity index (χ0n) is 15.3. The summed E-state index contributed by atoms with van der Waals surface area (Å²) < 4.78 is 18.8. The van der Waals surface area contributed by atoms with Gasteiger partial charge in [-0.1, -0.05) is 24.3 Å². The molecule has 0 aliphatic rings. The van der Waals surface area contributed by atoms with Crippen molar-refractivity contribution in [1.29, 1.82) is 0 Å². The van der Waals surface area contributed by atoms with Crippen molar-refractivity contribution >= 4 is 5.69 Å². The van der Waals surface area contributed by atoms with Crippen LogP contribution in [0.2, 0.25) is 0 Å². The molecule has 3 nitrogen and oxygen atoms in total. The van der Waals surface area contributed by atoms with Crippen molar-refractivity contribution in [3.8, 4) is 0 Å². The summed E-state index contributed by atoms with van der Waals surface area (Å²) in [5.74, 6) is 0.814. The maximum Gasteiger partial charge on any atom is 0.123 e. The van der Waals surface area contributed by atoms with Crippen LogP contribution >= 0.6 is 0 Å². The van der Waals surface area contributed by atoms with Crippen molar-refractivity contribution in [2.45, 2.75) is 18.9 Å². The van der Waals surface area contributed by atoms with E-state index in [1.165, 1.54) is 23.4 Å². The Hall–Kier alpha value is -2.59. The molecule has 1 N–H and O–H groups in total. The SMILES string of the molecule is CN(C)c1ccc(CNCC[C@H](c2ccc(F)cc2)c2ccco2)cc1. The lowest BCUT2D eigenvalue weighted by molar-refractivity contribution is 0.466. The highest BCUT2D eigenvalue weighted by molar-refractivity contribution is 5.45. The number of halogens is 1. The summed E-state index contributed by atoms with van der Waals surface area (Å²) >= 11 is 0. The number of hydrogen-bond acceptors (Lipinski definition) is 3. The molecule has 4 heteroatoms. The second kappa shape index (κ2) is 8.68. The number of nitrogens with one attached hydrogen (secondary N) is 1. The zero-order chi connectivity index (χ0) is 18.4. The molecule has 0 bridgehead atoms. The Kier molecular flexibility index (Phi) is 6.08. The number of anilines is 1. The van der Waals surface area contributed by atoms with Gasteiger partial charge in [0.25, 0.3) is 0 Å². The minimum absolute atomic E-state index is 0.120. The Labute approximate surface area is 154 Å². The van der Waals surface area contributed by atoms with Crippen molar-refractivity contribution in [2.75, 3.05) is 25.5 Å². The summed E-state index contributed by atoms with van der Waals surface area (Å²) in [6.45, 7) is 1.67. The summed E-state index contributed by atoms with van der Waals surface area (Å²) in [5.41, 5.74) is 3.52. The molecule has 0 fully saturated rings. The van der Waals surface area contributed by atoms with E-state index in [4.69, 9.17) is 4.42 Å². The molecule has 0 amide bonds. The van der Waals surface area contributed by atoms with E-state index in [1.807, 2.05) is 38.4 Å². The molecular formula is C22H25FN2O. The van der Waals surface area contributed by atoms with Crippen LogP contribution in [0.25, 0.3) is 0 Å². The molecule has 3 rings (SSSR count). The molecule has 0 aliphatic carbocycles. The van der Waals surface area contributed by atoms with E-state index in [2.05, 4.69) is 34.5 Å². The van der Waals surface area contributed by atoms with Gasteiger partial charge >= 0.3 is 0 Å². The van der Waals surface area contributed by atoms with Gasteiger partial charge in [-0.05, 0) is 60.5 Å². The van der Waals surface area contributed by atoms with Gasteiger partial charge < -0.3 is 14.6 Å². The fraction of sp³-hybridized carbons (Fsp3) is 0.273. The molecule has 0 saturated heterocycles. The van der Waals surface area contributed by atoms with Gasteiger partial charge in [0.1, 0.15) is 11.6 Å². The maximum atomic E-state index is 13.2. The van der Waals surface area contributed by atoms with Crippen LogP contribution in [0.4, 0.5) is 10.1 Å². The number of benzene rings is 2. The summed E-state index contributed by atoms with van der Waals surface area (Å²) in [7, 11) is 4.08. The van der Waals surface area contributed by atoms with Crippen LogP contribution in [-0.2, 0) is 6.54 Å². The molecule has 0 unspecified atom stereocenters. The van der Waals surface area contributed by atoms with Crippen LogP contribution in [0, 0.1) is 5.82 Å². The minimum Gasteiger partial charge on any atom is -0.469 e. The molecule has 2 aromatic carbocycles. The zero-order valence-corrected chi connectivity index (χ0v) is 15.3. The topological polar surface area (TPSA) is 28.4 Å². The molecular weight excluding hydrogens is 327 g/mol. The average Bonchev–Trinajstić information content (AvgIpc) is 3.17. The van der Waals surface area contributed by atoms with Gasteiger partial charge in [0.05, 0.1) is 6.26 Å². The largest absolute Gasteiger partial charge is 0.469 e. The highest BCUT2D eigenvalue weighted by Gasteiger charge is 2.16. The van der Waals surface area contributed by atoms with E-state index in [0.717, 1.165) is 30.8 Å². The van der Waals surface area contributed by atoms with Crippen LogP contribution in [0.15, 0.2) is 71.3 Å². The molecule has 0 radical (unpaired) electrons. The second-order valence-electron chi connectivity index (χ2n) is 6.65. The van der Waals surface area contributed by atoms with Gasteiger partial charge in [0, 0.05) is 32.2 Å². The van der Waals surface area contributed by atoms with Crippen molar-refractivity contribution in [3.63, 3.8) is 0 Å². The van der Waals surface area contributed by atoms with Gasteiger partial charge in [0.2, 0.25) is 0 Å². The molecule has 26 heavy (non-hydrogen) atoms. The van der Waals surface area contributed by atoms with Crippen LogP contribution in [0.5, 0.6) is 0 Å². The molecule has 0 spiro atoms. The lowest BCUT2D eigenvalue weighted by Crippen LogP contribution is -2.18. The van der Waals surface area contributed by atoms with E-state index < -0.39 is 0 Å². The smallest absolute Gasteiger partial charge is 0.123 e. The molecule has 1 heterocycles. The molecule has 0 saturated carbocycles. The number of hydrogen-bond donors (Lipinski definition) is 1. The van der Waals surface area contributed by atoms with Gasteiger partial charge in [-0.2, -0.15) is 0 Å². The average molecular weight is 352 g/mol. The first kappa shape index (κ1) is 18.2. The van der Waals surface area contributed by atoms with Crippen LogP contribution in [0.3, 0.4) is 0 Å². The molecule has 1 atom stereocenters. The fourth-order valence-corrected chi connectivity index (χ4v) is 3.05. The number of furan rings is 1. The van der Waals surface area contributed by atoms with Crippen LogP contribution < -0.4 is 10.2 Å². The van der Waals surface area contributed by atoms with Gasteiger partial charge in [0.15, 0.2) is 0 Å². The predicted molar refractivity (Wildman–Crippen MR) is 104 cm³/mol. The standard InChI is InChI=1S/C22H25FN2O/c1-25(2)20-11-5-17(6-12-20)16-24-14-13-21(22-4-3-15-26-22)18-7-9-19(23)10-8-18/h3-12,15,21,24H,13-14,16H2,1-2H3/t21-/m1/s1. The highest BCUT2D eigenvalue weighted by Crippen LogP contribution is 2.28. The molecule has 0 aliphatic heterocycles. The van der Waals surface area contributed by atoms with Crippen LogP contribution in [0.1, 0.15) is 29.2 Å². The Morgan fingerprint density at radius 1 is 1.00 bits per heavy atom. The fourth-order valence-electron chi connectivity index (χ4n) is 3.05. The Morgan fingerprint density at radius 3 is 2.35 bits per heavy atom. The van der Waals surface area contributed by atoms with Gasteiger partial charge in [-0.3, -0.25) is 0 Å². The van der Waals surface area contributed by atoms with E-state index in [0.29, 0.717) is 0 Å². The third-order valence-corrected chi connectivity index (χ3v) is 4.55. The van der Waals surface area contributed by atoms with Crippen LogP contribution in [-0.4, -0.2) is 20.6 Å². The maximum absolute atomic E-state index is 13.2. The summed E-state index contributed by atoms with van der Waals surface area (Å²) in [5, 5.41) is 3.49. The predicted octanol–water partition coefficient (Wildman–Crippen LogP) is 4.80. The highest BCUT2D eigenvalue weighted by atomic mass is 19.1. The van der Waals surface area contributed by atoms with Gasteiger partial charge in [-0.25, -0.2) is 4.39 Å². The first-order valence-electron chi connectivity index (χ1n) is 8.89. The lowest BCUT2D eigenvalue weighted by atomic mass is 9.93. The van der Waals surface area contributed by atoms with Gasteiger partial charge in [-0.15, -0.1) is 0 Å². The lowest BCUT2D eigenvalue weighted by Gasteiger charge is -2.16. The first-order valence-corrected chi connectivity index (χ1v) is 8.89. The van der Waals surface area contributed by atoms with Crippen molar-refractivity contribution in [3.05, 3.63) is 89.6 Å². The molecule has 3 aromatic rings. The van der Waals surface area contributed by atoms with Crippen molar-refractivity contribution in [1.82, 2.24) is 5.32 Å². The monoisotopic (exact) mass is 352 g/mol. The van der Waals surface area contributed by atoms with E-state index in [1.54, 1.807) is 6.26 Å². The number of nitrogens with zero attached hydrogens (tertiary/aromatic N) is 1. The Balaban J connectivity index is 1.57.